The van der Waals surface area contributed by atoms with E-state index in [1.807, 2.05) is 12.3 Å². The van der Waals surface area contributed by atoms with Crippen LogP contribution in [-0.4, -0.2) is 18.1 Å². The molecular weight excluding hydrogens is 334 g/mol. The Morgan fingerprint density at radius 2 is 2.05 bits per heavy atom. The Hall–Kier alpha value is -1.07. The number of halogens is 1. The number of anilines is 2. The van der Waals surface area contributed by atoms with Crippen molar-refractivity contribution >= 4 is 38.1 Å². The van der Waals surface area contributed by atoms with E-state index < -0.39 is 0 Å². The third-order valence-corrected chi connectivity index (χ3v) is 5.21. The fourth-order valence-electron chi connectivity index (χ4n) is 2.00. The van der Waals surface area contributed by atoms with Crippen LogP contribution in [0.5, 0.6) is 0 Å². The normalized spacial score (nSPS) is 10.6. The molecule has 0 aliphatic rings. The molecule has 5 heteroatoms. The van der Waals surface area contributed by atoms with E-state index in [0.717, 1.165) is 34.9 Å². The third kappa shape index (κ3) is 3.52. The van der Waals surface area contributed by atoms with Gasteiger partial charge in [-0.2, -0.15) is 0 Å². The molecule has 0 saturated heterocycles. The maximum Gasteiger partial charge on any atom is 0.185 e. The van der Waals surface area contributed by atoms with Crippen LogP contribution in [0.4, 0.5) is 10.8 Å². The summed E-state index contributed by atoms with van der Waals surface area (Å²) in [6.45, 7) is 9.25. The van der Waals surface area contributed by atoms with Gasteiger partial charge in [0.1, 0.15) is 0 Å². The lowest BCUT2D eigenvalue weighted by Crippen LogP contribution is -2.21. The molecule has 0 saturated carbocycles. The van der Waals surface area contributed by atoms with Crippen LogP contribution in [0.2, 0.25) is 0 Å². The number of rotatable bonds is 6. The van der Waals surface area contributed by atoms with Gasteiger partial charge < -0.3 is 10.2 Å². The Labute approximate surface area is 133 Å². The highest BCUT2D eigenvalue weighted by Crippen LogP contribution is 2.26. The van der Waals surface area contributed by atoms with Gasteiger partial charge in [0.15, 0.2) is 5.13 Å². The fraction of sp³-hybridized carbons (Fsp3) is 0.400. The number of nitrogens with zero attached hydrogens (tertiary/aromatic N) is 2. The van der Waals surface area contributed by atoms with E-state index in [1.165, 1.54) is 10.4 Å². The molecule has 1 heterocycles. The Balaban J connectivity index is 2.03. The van der Waals surface area contributed by atoms with Gasteiger partial charge in [-0.1, -0.05) is 22.0 Å². The average Bonchev–Trinajstić information content (AvgIpc) is 2.91. The highest BCUT2D eigenvalue weighted by molar-refractivity contribution is 9.10. The van der Waals surface area contributed by atoms with Gasteiger partial charge in [-0.25, -0.2) is 4.98 Å². The number of hydrogen-bond acceptors (Lipinski definition) is 4. The lowest BCUT2D eigenvalue weighted by molar-refractivity contribution is 0.860. The molecule has 20 heavy (non-hydrogen) atoms. The molecule has 1 N–H and O–H groups in total. The van der Waals surface area contributed by atoms with Crippen molar-refractivity contribution in [3.8, 4) is 0 Å². The van der Waals surface area contributed by atoms with Crippen LogP contribution in [0, 0.1) is 6.92 Å². The second kappa shape index (κ2) is 7.09. The van der Waals surface area contributed by atoms with E-state index in [1.54, 1.807) is 11.3 Å². The summed E-state index contributed by atoms with van der Waals surface area (Å²) in [6.07, 6.45) is 1.97. The van der Waals surface area contributed by atoms with Gasteiger partial charge in [-0.15, -0.1) is 11.3 Å². The second-order valence-electron chi connectivity index (χ2n) is 4.55. The number of aromatic nitrogens is 1. The molecule has 1 aromatic carbocycles. The zero-order valence-electron chi connectivity index (χ0n) is 12.1. The number of thiazole rings is 1. The first-order valence-electron chi connectivity index (χ1n) is 6.84. The molecule has 0 aliphatic heterocycles. The van der Waals surface area contributed by atoms with Crippen LogP contribution in [0.25, 0.3) is 0 Å². The van der Waals surface area contributed by atoms with E-state index in [0.29, 0.717) is 0 Å². The van der Waals surface area contributed by atoms with Crippen molar-refractivity contribution in [3.05, 3.63) is 39.3 Å². The van der Waals surface area contributed by atoms with E-state index in [4.69, 9.17) is 0 Å². The van der Waals surface area contributed by atoms with Crippen molar-refractivity contribution in [3.63, 3.8) is 0 Å². The lowest BCUT2D eigenvalue weighted by atomic mass is 10.2. The molecular formula is C15H20BrN3S. The SMILES string of the molecule is CCN(CC)c1ncc(CNc2cccc(Br)c2C)s1. The van der Waals surface area contributed by atoms with Crippen molar-refractivity contribution in [1.82, 2.24) is 4.98 Å². The number of nitrogens with one attached hydrogen (secondary N) is 1. The molecule has 0 radical (unpaired) electrons. The summed E-state index contributed by atoms with van der Waals surface area (Å²) in [5.74, 6) is 0. The zero-order chi connectivity index (χ0) is 14.5. The van der Waals surface area contributed by atoms with Crippen LogP contribution >= 0.6 is 27.3 Å². The molecule has 3 nitrogen and oxygen atoms in total. The molecule has 0 spiro atoms. The van der Waals surface area contributed by atoms with Crippen molar-refractivity contribution in [1.29, 1.82) is 0 Å². The van der Waals surface area contributed by atoms with Gasteiger partial charge in [0.2, 0.25) is 0 Å². The summed E-state index contributed by atoms with van der Waals surface area (Å²) < 4.78 is 1.13. The van der Waals surface area contributed by atoms with Gasteiger partial charge in [0.25, 0.3) is 0 Å². The molecule has 0 unspecified atom stereocenters. The number of benzene rings is 1. The first-order valence-corrected chi connectivity index (χ1v) is 8.45. The Kier molecular flexibility index (Phi) is 5.43. The Morgan fingerprint density at radius 1 is 1.30 bits per heavy atom. The van der Waals surface area contributed by atoms with Gasteiger partial charge >= 0.3 is 0 Å². The van der Waals surface area contributed by atoms with Gasteiger partial charge in [-0.3, -0.25) is 0 Å². The van der Waals surface area contributed by atoms with E-state index >= 15 is 0 Å². The van der Waals surface area contributed by atoms with Crippen molar-refractivity contribution in [2.45, 2.75) is 27.3 Å². The predicted molar refractivity (Wildman–Crippen MR) is 91.9 cm³/mol. The molecule has 0 amide bonds. The third-order valence-electron chi connectivity index (χ3n) is 3.30. The summed E-state index contributed by atoms with van der Waals surface area (Å²) in [5.41, 5.74) is 2.40. The smallest absolute Gasteiger partial charge is 0.185 e. The van der Waals surface area contributed by atoms with Crippen LogP contribution in [0.3, 0.4) is 0 Å². The van der Waals surface area contributed by atoms with Crippen LogP contribution in [0.1, 0.15) is 24.3 Å². The van der Waals surface area contributed by atoms with E-state index in [-0.39, 0.29) is 0 Å². The molecule has 0 atom stereocenters. The second-order valence-corrected chi connectivity index (χ2v) is 6.50. The standard InChI is InChI=1S/C15H20BrN3S/c1-4-19(5-2)15-18-10-12(20-15)9-17-14-8-6-7-13(16)11(14)3/h6-8,10,17H,4-5,9H2,1-3H3. The van der Waals surface area contributed by atoms with Crippen molar-refractivity contribution in [2.75, 3.05) is 23.3 Å². The fourth-order valence-corrected chi connectivity index (χ4v) is 3.34. The summed E-state index contributed by atoms with van der Waals surface area (Å²) in [5, 5.41) is 4.59. The predicted octanol–water partition coefficient (Wildman–Crippen LogP) is 4.67. The molecule has 0 aliphatic carbocycles. The molecule has 108 valence electrons. The summed E-state index contributed by atoms with van der Waals surface area (Å²) in [6, 6.07) is 6.21. The maximum absolute atomic E-state index is 4.51. The topological polar surface area (TPSA) is 28.2 Å². The molecule has 0 fully saturated rings. The van der Waals surface area contributed by atoms with E-state index in [9.17, 15) is 0 Å². The van der Waals surface area contributed by atoms with Crippen LogP contribution < -0.4 is 10.2 Å². The van der Waals surface area contributed by atoms with Crippen molar-refractivity contribution < 1.29 is 0 Å². The monoisotopic (exact) mass is 353 g/mol. The molecule has 2 rings (SSSR count). The summed E-state index contributed by atoms with van der Waals surface area (Å²) in [4.78, 5) is 8.04. The van der Waals surface area contributed by atoms with Crippen molar-refractivity contribution in [2.24, 2.45) is 0 Å². The average molecular weight is 354 g/mol. The van der Waals surface area contributed by atoms with Gasteiger partial charge in [0.05, 0.1) is 6.54 Å². The first-order chi connectivity index (χ1) is 9.65. The van der Waals surface area contributed by atoms with Crippen LogP contribution in [-0.2, 0) is 6.54 Å². The van der Waals surface area contributed by atoms with E-state index in [2.05, 4.69) is 64.0 Å². The first kappa shape index (κ1) is 15.3. The Bertz CT molecular complexity index is 564. The quantitative estimate of drug-likeness (QED) is 0.817. The minimum atomic E-state index is 0.816. The number of hydrogen-bond donors (Lipinski definition) is 1. The Morgan fingerprint density at radius 3 is 2.75 bits per heavy atom. The highest BCUT2D eigenvalue weighted by atomic mass is 79.9. The molecule has 2 aromatic rings. The maximum atomic E-state index is 4.51. The van der Waals surface area contributed by atoms with Crippen LogP contribution in [0.15, 0.2) is 28.9 Å². The minimum absolute atomic E-state index is 0.816. The molecule has 1 aromatic heterocycles. The van der Waals surface area contributed by atoms with Gasteiger partial charge in [0, 0.05) is 34.3 Å². The summed E-state index contributed by atoms with van der Waals surface area (Å²) >= 11 is 5.32. The summed E-state index contributed by atoms with van der Waals surface area (Å²) in [7, 11) is 0. The molecule has 0 bridgehead atoms. The highest BCUT2D eigenvalue weighted by Gasteiger charge is 2.08. The zero-order valence-corrected chi connectivity index (χ0v) is 14.5. The largest absolute Gasteiger partial charge is 0.380 e. The minimum Gasteiger partial charge on any atom is -0.380 e. The lowest BCUT2D eigenvalue weighted by Gasteiger charge is -2.16. The van der Waals surface area contributed by atoms with Gasteiger partial charge in [-0.05, 0) is 38.5 Å².